The molecule has 0 saturated carbocycles. The summed E-state index contributed by atoms with van der Waals surface area (Å²) in [4.78, 5) is 35.2. The van der Waals surface area contributed by atoms with Crippen molar-refractivity contribution in [3.63, 3.8) is 0 Å². The molecule has 1 aliphatic heterocycles. The summed E-state index contributed by atoms with van der Waals surface area (Å²) in [6.45, 7) is 1.31. The van der Waals surface area contributed by atoms with E-state index in [9.17, 15) is 24.6 Å². The maximum absolute atomic E-state index is 12.5. The summed E-state index contributed by atoms with van der Waals surface area (Å²) in [5.41, 5.74) is 0.0982. The van der Waals surface area contributed by atoms with E-state index in [4.69, 9.17) is 9.15 Å². The molecule has 0 saturated heterocycles. The minimum absolute atomic E-state index is 0.0903. The molecule has 0 unspecified atom stereocenters. The van der Waals surface area contributed by atoms with Crippen molar-refractivity contribution in [1.82, 2.24) is 0 Å². The van der Waals surface area contributed by atoms with Gasteiger partial charge in [0.1, 0.15) is 23.0 Å². The van der Waals surface area contributed by atoms with Gasteiger partial charge in [0.2, 0.25) is 5.79 Å². The van der Waals surface area contributed by atoms with Gasteiger partial charge in [0.15, 0.2) is 5.78 Å². The molecule has 0 bridgehead atoms. The first kappa shape index (κ1) is 16.9. The van der Waals surface area contributed by atoms with Crippen LogP contribution in [-0.4, -0.2) is 27.6 Å². The molecule has 1 aromatic carbocycles. The Hall–Kier alpha value is -2.93. The van der Waals surface area contributed by atoms with Gasteiger partial charge in [-0.15, -0.1) is 0 Å². The van der Waals surface area contributed by atoms with Gasteiger partial charge in [0.25, 0.3) is 0 Å². The fourth-order valence-corrected chi connectivity index (χ4v) is 2.98. The van der Waals surface area contributed by atoms with Crippen LogP contribution in [0.15, 0.2) is 39.5 Å². The van der Waals surface area contributed by atoms with Crippen LogP contribution in [0.1, 0.15) is 41.4 Å². The number of ether oxygens (including phenoxy) is 1. The number of hydrogen-bond acceptors (Lipinski definition) is 7. The van der Waals surface area contributed by atoms with Gasteiger partial charge in [-0.3, -0.25) is 9.59 Å². The molecule has 7 heteroatoms. The molecule has 0 fully saturated rings. The second kappa shape index (κ2) is 6.18. The molecule has 1 aliphatic rings. The molecule has 2 aromatic rings. The van der Waals surface area contributed by atoms with Crippen LogP contribution in [0.3, 0.4) is 0 Å². The van der Waals surface area contributed by atoms with Crippen molar-refractivity contribution in [2.45, 2.75) is 32.0 Å². The molecule has 25 heavy (non-hydrogen) atoms. The Bertz CT molecular complexity index is 912. The summed E-state index contributed by atoms with van der Waals surface area (Å²) in [5, 5.41) is 19.9. The van der Waals surface area contributed by atoms with Crippen LogP contribution >= 0.6 is 0 Å². The standard InChI is InChI=1S/C18H16O7/c1-10(19)8-18(23)9-14(21)17-11(3-2-4-15(17)25-18)5-13-6-12(20)7-16(22)24-13/h2-4,6-7,20,23H,5,8-9H2,1H3/t18-/m0/s1. The molecule has 7 nitrogen and oxygen atoms in total. The van der Waals surface area contributed by atoms with Gasteiger partial charge in [0.05, 0.1) is 24.5 Å². The average Bonchev–Trinajstić information content (AvgIpc) is 2.43. The monoisotopic (exact) mass is 344 g/mol. The van der Waals surface area contributed by atoms with E-state index >= 15 is 0 Å². The summed E-state index contributed by atoms with van der Waals surface area (Å²) in [5.74, 6) is -2.39. The third kappa shape index (κ3) is 3.61. The van der Waals surface area contributed by atoms with Crippen molar-refractivity contribution in [2.75, 3.05) is 0 Å². The quantitative estimate of drug-likeness (QED) is 0.865. The Morgan fingerprint density at radius 1 is 1.28 bits per heavy atom. The van der Waals surface area contributed by atoms with Crippen molar-refractivity contribution < 1.29 is 29.0 Å². The summed E-state index contributed by atoms with van der Waals surface area (Å²) >= 11 is 0. The second-order valence-electron chi connectivity index (χ2n) is 6.09. The number of aliphatic hydroxyl groups is 1. The van der Waals surface area contributed by atoms with Gasteiger partial charge in [0, 0.05) is 12.5 Å². The van der Waals surface area contributed by atoms with Crippen molar-refractivity contribution in [3.8, 4) is 11.5 Å². The number of benzene rings is 1. The van der Waals surface area contributed by atoms with E-state index in [0.717, 1.165) is 6.07 Å². The predicted octanol–water partition coefficient (Wildman–Crippen LogP) is 1.57. The number of ketones is 2. The minimum atomic E-state index is -1.86. The molecule has 0 spiro atoms. The Labute approximate surface area is 142 Å². The molecular formula is C18H16O7. The second-order valence-corrected chi connectivity index (χ2v) is 6.09. The summed E-state index contributed by atoms with van der Waals surface area (Å²) in [6, 6.07) is 7.06. The molecule has 1 atom stereocenters. The lowest BCUT2D eigenvalue weighted by Crippen LogP contribution is -2.43. The number of carbonyl (C=O) groups excluding carboxylic acids is 2. The summed E-state index contributed by atoms with van der Waals surface area (Å²) in [6.07, 6.45) is -0.544. The molecule has 0 amide bonds. The van der Waals surface area contributed by atoms with Crippen LogP contribution in [0.5, 0.6) is 11.5 Å². The zero-order chi connectivity index (χ0) is 18.2. The average molecular weight is 344 g/mol. The Morgan fingerprint density at radius 3 is 2.72 bits per heavy atom. The first-order valence-electron chi connectivity index (χ1n) is 7.65. The Morgan fingerprint density at radius 2 is 2.04 bits per heavy atom. The first-order chi connectivity index (χ1) is 11.8. The zero-order valence-corrected chi connectivity index (χ0v) is 13.4. The van der Waals surface area contributed by atoms with Crippen molar-refractivity contribution in [2.24, 2.45) is 0 Å². The number of rotatable bonds is 4. The van der Waals surface area contributed by atoms with Crippen LogP contribution in [-0.2, 0) is 11.2 Å². The third-order valence-electron chi connectivity index (χ3n) is 3.82. The maximum atomic E-state index is 12.5. The zero-order valence-electron chi connectivity index (χ0n) is 13.4. The fraction of sp³-hybridized carbons (Fsp3) is 0.278. The lowest BCUT2D eigenvalue weighted by molar-refractivity contribution is -0.155. The third-order valence-corrected chi connectivity index (χ3v) is 3.82. The SMILES string of the molecule is CC(=O)C[C@@]1(O)CC(=O)c2c(Cc3cc(O)cc(=O)o3)cccc2O1. The van der Waals surface area contributed by atoms with Crippen LogP contribution < -0.4 is 10.4 Å². The van der Waals surface area contributed by atoms with E-state index in [2.05, 4.69) is 0 Å². The number of fused-ring (bicyclic) bond motifs is 1. The number of carbonyl (C=O) groups is 2. The Balaban J connectivity index is 1.97. The van der Waals surface area contributed by atoms with Crippen LogP contribution in [0.25, 0.3) is 0 Å². The van der Waals surface area contributed by atoms with E-state index in [-0.39, 0.29) is 53.7 Å². The molecule has 130 valence electrons. The van der Waals surface area contributed by atoms with Gasteiger partial charge in [-0.05, 0) is 18.6 Å². The first-order valence-corrected chi connectivity index (χ1v) is 7.65. The van der Waals surface area contributed by atoms with Gasteiger partial charge >= 0.3 is 5.63 Å². The summed E-state index contributed by atoms with van der Waals surface area (Å²) in [7, 11) is 0. The van der Waals surface area contributed by atoms with E-state index in [1.54, 1.807) is 12.1 Å². The molecule has 0 aliphatic carbocycles. The minimum Gasteiger partial charge on any atom is -0.508 e. The highest BCUT2D eigenvalue weighted by molar-refractivity contribution is 6.02. The maximum Gasteiger partial charge on any atom is 0.339 e. The normalized spacial score (nSPS) is 19.2. The van der Waals surface area contributed by atoms with E-state index < -0.39 is 11.4 Å². The van der Waals surface area contributed by atoms with E-state index in [0.29, 0.717) is 5.56 Å². The van der Waals surface area contributed by atoms with Gasteiger partial charge in [-0.2, -0.15) is 0 Å². The topological polar surface area (TPSA) is 114 Å². The molecule has 2 N–H and O–H groups in total. The van der Waals surface area contributed by atoms with Crippen LogP contribution in [0.4, 0.5) is 0 Å². The number of Topliss-reactive ketones (excluding diaryl/α,β-unsaturated/α-hetero) is 2. The van der Waals surface area contributed by atoms with Gasteiger partial charge < -0.3 is 19.4 Å². The van der Waals surface area contributed by atoms with E-state index in [1.165, 1.54) is 19.1 Å². The number of aromatic hydroxyl groups is 1. The van der Waals surface area contributed by atoms with Gasteiger partial charge in [-0.25, -0.2) is 4.79 Å². The van der Waals surface area contributed by atoms with Crippen molar-refractivity contribution in [3.05, 3.63) is 57.6 Å². The smallest absolute Gasteiger partial charge is 0.339 e. The largest absolute Gasteiger partial charge is 0.508 e. The lowest BCUT2D eigenvalue weighted by Gasteiger charge is -2.33. The van der Waals surface area contributed by atoms with Crippen LogP contribution in [0.2, 0.25) is 0 Å². The molecule has 1 aromatic heterocycles. The number of hydrogen-bond donors (Lipinski definition) is 2. The molecule has 3 rings (SSSR count). The highest BCUT2D eigenvalue weighted by atomic mass is 16.6. The highest BCUT2D eigenvalue weighted by Crippen LogP contribution is 2.36. The van der Waals surface area contributed by atoms with E-state index in [1.807, 2.05) is 0 Å². The molecule has 0 radical (unpaired) electrons. The van der Waals surface area contributed by atoms with Crippen molar-refractivity contribution >= 4 is 11.6 Å². The molecular weight excluding hydrogens is 328 g/mol. The molecule has 2 heterocycles. The van der Waals surface area contributed by atoms with Crippen LogP contribution in [0, 0.1) is 0 Å². The summed E-state index contributed by atoms with van der Waals surface area (Å²) < 4.78 is 10.5. The van der Waals surface area contributed by atoms with Crippen molar-refractivity contribution in [1.29, 1.82) is 0 Å². The fourth-order valence-electron chi connectivity index (χ4n) is 2.98. The predicted molar refractivity (Wildman–Crippen MR) is 85.7 cm³/mol. The lowest BCUT2D eigenvalue weighted by atomic mass is 9.90. The van der Waals surface area contributed by atoms with Gasteiger partial charge in [-0.1, -0.05) is 12.1 Å². The Kier molecular flexibility index (Phi) is 4.18. The highest BCUT2D eigenvalue weighted by Gasteiger charge is 2.40.